The van der Waals surface area contributed by atoms with Gasteiger partial charge >= 0.3 is 0 Å². The minimum Gasteiger partial charge on any atom is -0.507 e. The summed E-state index contributed by atoms with van der Waals surface area (Å²) in [6.07, 6.45) is 0. The van der Waals surface area contributed by atoms with E-state index in [1.54, 1.807) is 0 Å². The van der Waals surface area contributed by atoms with Crippen molar-refractivity contribution < 1.29 is 5.11 Å². The highest BCUT2D eigenvalue weighted by Gasteiger charge is 2.29. The van der Waals surface area contributed by atoms with Gasteiger partial charge in [0.2, 0.25) is 17.2 Å². The predicted molar refractivity (Wildman–Crippen MR) is 123 cm³/mol. The average Bonchev–Trinajstić information content (AvgIpc) is 2.61. The van der Waals surface area contributed by atoms with E-state index in [2.05, 4.69) is 56.5 Å². The molecule has 0 saturated carbocycles. The van der Waals surface area contributed by atoms with Gasteiger partial charge in [-0.05, 0) is 46.7 Å². The molecule has 2 aromatic carbocycles. The van der Waals surface area contributed by atoms with Gasteiger partial charge in [-0.2, -0.15) is 15.0 Å². The fraction of sp³-hybridized carbons (Fsp3) is 0.348. The summed E-state index contributed by atoms with van der Waals surface area (Å²) < 4.78 is 0. The number of para-hydroxylation sites is 1. The van der Waals surface area contributed by atoms with Gasteiger partial charge in [-0.25, -0.2) is 0 Å². The summed E-state index contributed by atoms with van der Waals surface area (Å²) >= 11 is 6.09. The van der Waals surface area contributed by atoms with E-state index >= 15 is 0 Å². The zero-order chi connectivity index (χ0) is 22.3. The maximum Gasteiger partial charge on any atom is 0.240 e. The number of phenolic OH excluding ortho intramolecular Hbond substituents is 1. The van der Waals surface area contributed by atoms with Gasteiger partial charge in [0, 0.05) is 22.5 Å². The number of nitrogens with zero attached hydrogens (tertiary/aromatic N) is 4. The number of hydrogen-bond donors (Lipinski definition) is 2. The van der Waals surface area contributed by atoms with E-state index in [0.717, 1.165) is 22.5 Å². The maximum absolute atomic E-state index is 11.1. The van der Waals surface area contributed by atoms with Crippen molar-refractivity contribution in [2.24, 2.45) is 0 Å². The molecular formula is C23H28ClN5O. The van der Waals surface area contributed by atoms with E-state index in [9.17, 15) is 5.11 Å². The zero-order valence-electron chi connectivity index (χ0n) is 18.2. The Morgan fingerprint density at radius 2 is 1.37 bits per heavy atom. The van der Waals surface area contributed by atoms with Crippen LogP contribution in [-0.4, -0.2) is 20.1 Å². The molecule has 1 aromatic heterocycles. The fourth-order valence-electron chi connectivity index (χ4n) is 3.30. The molecule has 0 saturated heterocycles. The van der Waals surface area contributed by atoms with Gasteiger partial charge in [-0.15, -0.1) is 0 Å². The van der Waals surface area contributed by atoms with Crippen LogP contribution in [0.2, 0.25) is 5.28 Å². The van der Waals surface area contributed by atoms with Gasteiger partial charge in [-0.1, -0.05) is 59.7 Å². The molecule has 158 valence electrons. The van der Waals surface area contributed by atoms with Crippen LogP contribution >= 0.6 is 11.6 Å². The van der Waals surface area contributed by atoms with Crippen LogP contribution < -0.4 is 10.6 Å². The lowest BCUT2D eigenvalue weighted by molar-refractivity contribution is 0.423. The number of nitrogen functional groups attached to an aromatic ring is 1. The van der Waals surface area contributed by atoms with Crippen LogP contribution in [0, 0.1) is 0 Å². The summed E-state index contributed by atoms with van der Waals surface area (Å²) in [5.41, 5.74) is 8.61. The fourth-order valence-corrected chi connectivity index (χ4v) is 3.47. The number of phenols is 1. The van der Waals surface area contributed by atoms with Gasteiger partial charge in [0.25, 0.3) is 0 Å². The molecule has 0 spiro atoms. The lowest BCUT2D eigenvalue weighted by Gasteiger charge is -2.31. The first-order chi connectivity index (χ1) is 13.9. The second-order valence-corrected chi connectivity index (χ2v) is 9.66. The minimum atomic E-state index is -0.280. The van der Waals surface area contributed by atoms with Crippen molar-refractivity contribution in [3.05, 3.63) is 58.9 Å². The maximum atomic E-state index is 11.1. The molecule has 3 rings (SSSR count). The Morgan fingerprint density at radius 3 is 1.83 bits per heavy atom. The van der Waals surface area contributed by atoms with E-state index in [0.29, 0.717) is 11.7 Å². The Hall–Kier alpha value is -2.86. The Kier molecular flexibility index (Phi) is 5.65. The first-order valence-electron chi connectivity index (χ1n) is 9.78. The highest BCUT2D eigenvalue weighted by Crippen LogP contribution is 2.44. The highest BCUT2D eigenvalue weighted by molar-refractivity contribution is 6.28. The van der Waals surface area contributed by atoms with Gasteiger partial charge in [-0.3, -0.25) is 4.90 Å². The van der Waals surface area contributed by atoms with Crippen molar-refractivity contribution in [3.8, 4) is 5.75 Å². The number of aromatic nitrogens is 3. The zero-order valence-corrected chi connectivity index (χ0v) is 19.0. The quantitative estimate of drug-likeness (QED) is 0.544. The smallest absolute Gasteiger partial charge is 0.240 e. The van der Waals surface area contributed by atoms with Crippen molar-refractivity contribution in [3.63, 3.8) is 0 Å². The molecule has 0 fully saturated rings. The molecule has 0 radical (unpaired) electrons. The molecule has 1 heterocycles. The third kappa shape index (κ3) is 4.49. The van der Waals surface area contributed by atoms with Crippen LogP contribution in [-0.2, 0) is 10.8 Å². The number of hydrogen-bond acceptors (Lipinski definition) is 6. The third-order valence-corrected chi connectivity index (χ3v) is 4.97. The lowest BCUT2D eigenvalue weighted by Crippen LogP contribution is -2.21. The van der Waals surface area contributed by atoms with E-state index in [1.165, 1.54) is 0 Å². The molecule has 0 unspecified atom stereocenters. The summed E-state index contributed by atoms with van der Waals surface area (Å²) in [4.78, 5) is 14.4. The van der Waals surface area contributed by atoms with Crippen molar-refractivity contribution in [2.45, 2.75) is 52.4 Å². The van der Waals surface area contributed by atoms with Gasteiger partial charge in [0.15, 0.2) is 0 Å². The Labute approximate surface area is 182 Å². The van der Waals surface area contributed by atoms with Crippen molar-refractivity contribution in [1.29, 1.82) is 0 Å². The third-order valence-electron chi connectivity index (χ3n) is 4.80. The molecule has 7 heteroatoms. The number of benzene rings is 2. The Bertz CT molecular complexity index is 1000. The summed E-state index contributed by atoms with van der Waals surface area (Å²) in [6, 6.07) is 13.6. The number of aromatic hydroxyl groups is 1. The van der Waals surface area contributed by atoms with E-state index in [4.69, 9.17) is 17.3 Å². The Morgan fingerprint density at radius 1 is 0.833 bits per heavy atom. The summed E-state index contributed by atoms with van der Waals surface area (Å²) in [7, 11) is 0. The molecule has 6 nitrogen and oxygen atoms in total. The number of anilines is 4. The van der Waals surface area contributed by atoms with Gasteiger partial charge < -0.3 is 10.8 Å². The molecule has 30 heavy (non-hydrogen) atoms. The first-order valence-corrected chi connectivity index (χ1v) is 10.2. The van der Waals surface area contributed by atoms with Crippen LogP contribution in [0.4, 0.5) is 23.3 Å². The van der Waals surface area contributed by atoms with Crippen LogP contribution in [0.1, 0.15) is 52.7 Å². The molecule has 0 amide bonds. The second kappa shape index (κ2) is 7.76. The highest BCUT2D eigenvalue weighted by atomic mass is 35.5. The van der Waals surface area contributed by atoms with Crippen LogP contribution in [0.3, 0.4) is 0 Å². The van der Waals surface area contributed by atoms with E-state index in [-0.39, 0.29) is 22.1 Å². The van der Waals surface area contributed by atoms with Crippen LogP contribution in [0.5, 0.6) is 5.75 Å². The SMILES string of the molecule is CC(C)(C)c1cc(N(c2ccccc2)c2nc(N)nc(Cl)n2)cc(C(C)(C)C)c1O. The molecule has 3 N–H and O–H groups in total. The summed E-state index contributed by atoms with van der Waals surface area (Å²) in [5.74, 6) is 0.654. The Balaban J connectivity index is 2.36. The molecule has 3 aromatic rings. The van der Waals surface area contributed by atoms with E-state index in [1.807, 2.05) is 47.4 Å². The van der Waals surface area contributed by atoms with Crippen LogP contribution in [0.15, 0.2) is 42.5 Å². The molecule has 0 aliphatic carbocycles. The van der Waals surface area contributed by atoms with Crippen molar-refractivity contribution >= 4 is 34.9 Å². The largest absolute Gasteiger partial charge is 0.507 e. The topological polar surface area (TPSA) is 88.2 Å². The number of nitrogens with two attached hydrogens (primary N) is 1. The second-order valence-electron chi connectivity index (χ2n) is 9.32. The molecule has 0 bridgehead atoms. The normalized spacial score (nSPS) is 12.1. The van der Waals surface area contributed by atoms with Gasteiger partial charge in [0.05, 0.1) is 0 Å². The first kappa shape index (κ1) is 21.8. The van der Waals surface area contributed by atoms with Crippen molar-refractivity contribution in [1.82, 2.24) is 15.0 Å². The average molecular weight is 426 g/mol. The molecular weight excluding hydrogens is 398 g/mol. The predicted octanol–water partition coefficient (Wildman–Crippen LogP) is 5.88. The summed E-state index contributed by atoms with van der Waals surface area (Å²) in [5, 5.41) is 11.1. The standard InChI is InChI=1S/C23H28ClN5O/c1-22(2,3)16-12-15(13-17(18(16)30)23(4,5)6)29(14-10-8-7-9-11-14)21-27-19(24)26-20(25)28-21/h7-13,30H,1-6H3,(H2,25,26,27,28). The number of rotatable bonds is 3. The number of halogens is 1. The van der Waals surface area contributed by atoms with E-state index < -0.39 is 0 Å². The lowest BCUT2D eigenvalue weighted by atomic mass is 9.79. The van der Waals surface area contributed by atoms with Crippen LogP contribution in [0.25, 0.3) is 0 Å². The molecule has 0 aliphatic heterocycles. The van der Waals surface area contributed by atoms with Crippen molar-refractivity contribution in [2.75, 3.05) is 10.6 Å². The molecule has 0 atom stereocenters. The minimum absolute atomic E-state index is 0.0179. The monoisotopic (exact) mass is 425 g/mol. The van der Waals surface area contributed by atoms with Gasteiger partial charge in [0.1, 0.15) is 5.75 Å². The summed E-state index contributed by atoms with van der Waals surface area (Å²) in [6.45, 7) is 12.4. The molecule has 0 aliphatic rings.